The average molecular weight is 243 g/mol. The van der Waals surface area contributed by atoms with Gasteiger partial charge in [-0.25, -0.2) is 13.6 Å². The largest absolute Gasteiger partial charge is 0.301 e. The standard InChI is InChI=1S/C4H3ClN2O4S2/c5-4-3(13(6,10)11)2(1-12-4)7(8)9/h1H,(H2,6,10,11). The third-order valence-corrected chi connectivity index (χ3v) is 3.60. The lowest BCUT2D eigenvalue weighted by Crippen LogP contribution is -2.13. The number of primary sulfonamides is 1. The van der Waals surface area contributed by atoms with Gasteiger partial charge in [0.15, 0.2) is 4.90 Å². The van der Waals surface area contributed by atoms with Gasteiger partial charge >= 0.3 is 5.69 Å². The van der Waals surface area contributed by atoms with Crippen molar-refractivity contribution in [2.45, 2.75) is 4.90 Å². The maximum Gasteiger partial charge on any atom is 0.301 e. The van der Waals surface area contributed by atoms with Crippen LogP contribution in [-0.2, 0) is 10.0 Å². The number of hydrogen-bond donors (Lipinski definition) is 1. The molecule has 0 bridgehead atoms. The number of thiophene rings is 1. The fourth-order valence-electron chi connectivity index (χ4n) is 0.699. The molecule has 0 aromatic carbocycles. The van der Waals surface area contributed by atoms with E-state index in [1.165, 1.54) is 0 Å². The summed E-state index contributed by atoms with van der Waals surface area (Å²) in [5.41, 5.74) is -0.586. The van der Waals surface area contributed by atoms with Gasteiger partial charge in [-0.05, 0) is 0 Å². The number of nitro groups is 1. The highest BCUT2D eigenvalue weighted by Crippen LogP contribution is 2.35. The summed E-state index contributed by atoms with van der Waals surface area (Å²) in [6.45, 7) is 0. The van der Waals surface area contributed by atoms with Gasteiger partial charge in [0.05, 0.1) is 10.3 Å². The van der Waals surface area contributed by atoms with Crippen molar-refractivity contribution in [2.24, 2.45) is 5.14 Å². The van der Waals surface area contributed by atoms with Gasteiger partial charge in [-0.1, -0.05) is 11.6 Å². The number of rotatable bonds is 2. The summed E-state index contributed by atoms with van der Waals surface area (Å²) in [5, 5.41) is 16.1. The minimum Gasteiger partial charge on any atom is -0.258 e. The smallest absolute Gasteiger partial charge is 0.258 e. The number of nitrogens with two attached hydrogens (primary N) is 1. The molecule has 0 spiro atoms. The molecule has 9 heteroatoms. The van der Waals surface area contributed by atoms with Crippen molar-refractivity contribution in [2.75, 3.05) is 0 Å². The first kappa shape index (κ1) is 10.4. The zero-order chi connectivity index (χ0) is 10.2. The van der Waals surface area contributed by atoms with Crippen molar-refractivity contribution in [1.82, 2.24) is 0 Å². The predicted molar refractivity (Wildman–Crippen MR) is 47.4 cm³/mol. The highest BCUT2D eigenvalue weighted by Gasteiger charge is 2.28. The molecule has 0 fully saturated rings. The summed E-state index contributed by atoms with van der Waals surface area (Å²) in [6, 6.07) is 0. The van der Waals surface area contributed by atoms with Crippen molar-refractivity contribution >= 4 is 38.6 Å². The molecule has 0 unspecified atom stereocenters. The van der Waals surface area contributed by atoms with Crippen LogP contribution in [0.2, 0.25) is 4.34 Å². The molecule has 0 amide bonds. The summed E-state index contributed by atoms with van der Waals surface area (Å²) < 4.78 is 21.5. The Hall–Kier alpha value is -0.700. The van der Waals surface area contributed by atoms with Crippen LogP contribution in [0, 0.1) is 10.1 Å². The van der Waals surface area contributed by atoms with Crippen LogP contribution >= 0.6 is 22.9 Å². The van der Waals surface area contributed by atoms with Crippen LogP contribution in [0.5, 0.6) is 0 Å². The van der Waals surface area contributed by atoms with Crippen LogP contribution in [0.1, 0.15) is 0 Å². The van der Waals surface area contributed by atoms with Gasteiger partial charge in [0.25, 0.3) is 0 Å². The lowest BCUT2D eigenvalue weighted by atomic mass is 10.5. The van der Waals surface area contributed by atoms with Gasteiger partial charge in [0, 0.05) is 0 Å². The van der Waals surface area contributed by atoms with Crippen molar-refractivity contribution in [3.05, 3.63) is 19.8 Å². The third kappa shape index (κ3) is 1.97. The maximum atomic E-state index is 10.8. The molecule has 1 aromatic heterocycles. The molecule has 0 aliphatic carbocycles. The Morgan fingerprint density at radius 2 is 2.15 bits per heavy atom. The van der Waals surface area contributed by atoms with Crippen molar-refractivity contribution in [3.63, 3.8) is 0 Å². The predicted octanol–water partition coefficient (Wildman–Crippen LogP) is 0.957. The van der Waals surface area contributed by atoms with Crippen LogP contribution < -0.4 is 5.14 Å². The SMILES string of the molecule is NS(=O)(=O)c1c([N+](=O)[O-])csc1Cl. The van der Waals surface area contributed by atoms with Gasteiger partial charge in [0.2, 0.25) is 10.0 Å². The molecular formula is C4H3ClN2O4S2. The fraction of sp³-hybridized carbons (Fsp3) is 0. The number of nitrogens with zero attached hydrogens (tertiary/aromatic N) is 1. The second-order valence-electron chi connectivity index (χ2n) is 2.03. The van der Waals surface area contributed by atoms with Crippen LogP contribution in [0.3, 0.4) is 0 Å². The second-order valence-corrected chi connectivity index (χ2v) is 5.01. The second kappa shape index (κ2) is 3.22. The molecule has 1 aromatic rings. The molecule has 0 radical (unpaired) electrons. The summed E-state index contributed by atoms with van der Waals surface area (Å²) >= 11 is 6.18. The number of sulfonamides is 1. The Labute approximate surface area is 82.1 Å². The molecule has 0 saturated heterocycles. The summed E-state index contributed by atoms with van der Waals surface area (Å²) in [4.78, 5) is 8.85. The average Bonchev–Trinajstić information content (AvgIpc) is 2.28. The quantitative estimate of drug-likeness (QED) is 0.616. The van der Waals surface area contributed by atoms with Crippen molar-refractivity contribution < 1.29 is 13.3 Å². The molecule has 13 heavy (non-hydrogen) atoms. The van der Waals surface area contributed by atoms with E-state index in [1.807, 2.05) is 0 Å². The third-order valence-electron chi connectivity index (χ3n) is 1.17. The Bertz CT molecular complexity index is 451. The van der Waals surface area contributed by atoms with E-state index in [-0.39, 0.29) is 4.34 Å². The van der Waals surface area contributed by atoms with E-state index in [1.54, 1.807) is 0 Å². The van der Waals surface area contributed by atoms with Crippen LogP contribution in [0.4, 0.5) is 5.69 Å². The Morgan fingerprint density at radius 3 is 2.46 bits per heavy atom. The van der Waals surface area contributed by atoms with Gasteiger partial charge in [-0.15, -0.1) is 11.3 Å². The van der Waals surface area contributed by atoms with Crippen molar-refractivity contribution in [3.8, 4) is 0 Å². The summed E-state index contributed by atoms with van der Waals surface area (Å²) in [5.74, 6) is 0. The molecule has 72 valence electrons. The number of hydrogen-bond acceptors (Lipinski definition) is 5. The molecule has 6 nitrogen and oxygen atoms in total. The lowest BCUT2D eigenvalue weighted by Gasteiger charge is -1.93. The van der Waals surface area contributed by atoms with Crippen LogP contribution in [0.15, 0.2) is 10.3 Å². The van der Waals surface area contributed by atoms with Gasteiger partial charge in [-0.3, -0.25) is 10.1 Å². The number of halogens is 1. The lowest BCUT2D eigenvalue weighted by molar-refractivity contribution is -0.387. The minimum atomic E-state index is -4.13. The first-order chi connectivity index (χ1) is 5.84. The molecule has 0 atom stereocenters. The summed E-state index contributed by atoms with van der Waals surface area (Å²) in [7, 11) is -4.13. The Balaban J connectivity index is 3.51. The molecule has 2 N–H and O–H groups in total. The topological polar surface area (TPSA) is 103 Å². The molecule has 0 saturated carbocycles. The molecular weight excluding hydrogens is 240 g/mol. The van der Waals surface area contributed by atoms with E-state index in [2.05, 4.69) is 0 Å². The van der Waals surface area contributed by atoms with E-state index in [9.17, 15) is 18.5 Å². The van der Waals surface area contributed by atoms with E-state index < -0.39 is 25.5 Å². The Kier molecular flexibility index (Phi) is 2.57. The van der Waals surface area contributed by atoms with Gasteiger partial charge in [0.1, 0.15) is 4.34 Å². The maximum absolute atomic E-state index is 10.8. The first-order valence-electron chi connectivity index (χ1n) is 2.78. The van der Waals surface area contributed by atoms with Gasteiger partial charge in [-0.2, -0.15) is 0 Å². The molecule has 1 heterocycles. The monoisotopic (exact) mass is 242 g/mol. The van der Waals surface area contributed by atoms with Crippen molar-refractivity contribution in [1.29, 1.82) is 0 Å². The fourth-order valence-corrected chi connectivity index (χ4v) is 3.10. The minimum absolute atomic E-state index is 0.200. The highest BCUT2D eigenvalue weighted by molar-refractivity contribution is 7.89. The zero-order valence-corrected chi connectivity index (χ0v) is 8.32. The molecule has 0 aliphatic rings. The van der Waals surface area contributed by atoms with E-state index in [0.29, 0.717) is 0 Å². The highest BCUT2D eigenvalue weighted by atomic mass is 35.5. The van der Waals surface area contributed by atoms with Crippen LogP contribution in [-0.4, -0.2) is 13.3 Å². The Morgan fingerprint density at radius 1 is 1.62 bits per heavy atom. The van der Waals surface area contributed by atoms with E-state index >= 15 is 0 Å². The van der Waals surface area contributed by atoms with E-state index in [0.717, 1.165) is 16.7 Å². The zero-order valence-electron chi connectivity index (χ0n) is 5.93. The van der Waals surface area contributed by atoms with Crippen LogP contribution in [0.25, 0.3) is 0 Å². The molecule has 0 aliphatic heterocycles. The van der Waals surface area contributed by atoms with Gasteiger partial charge < -0.3 is 0 Å². The first-order valence-corrected chi connectivity index (χ1v) is 5.58. The normalized spacial score (nSPS) is 11.5. The van der Waals surface area contributed by atoms with E-state index in [4.69, 9.17) is 16.7 Å². The summed E-state index contributed by atoms with van der Waals surface area (Å²) in [6.07, 6.45) is 0. The molecule has 1 rings (SSSR count).